The summed E-state index contributed by atoms with van der Waals surface area (Å²) in [7, 11) is 0. The molecule has 0 saturated carbocycles. The van der Waals surface area contributed by atoms with E-state index >= 15 is 0 Å². The van der Waals surface area contributed by atoms with E-state index in [4.69, 9.17) is 0 Å². The standard InChI is InChI=1S/C19H22N2O2S/c1-3-18(22)20-13-16-8-5-4-7-15(16)12-19(23)21-14(2)11-17-9-6-10-24-17/h3-10,14H,1,11-13H2,2H3,(H,20,22)(H,21,23). The molecule has 126 valence electrons. The SMILES string of the molecule is C=CC(=O)NCc1ccccc1CC(=O)NC(C)Cc1cccs1. The Bertz CT molecular complexity index is 695. The van der Waals surface area contributed by atoms with E-state index in [1.807, 2.05) is 42.6 Å². The summed E-state index contributed by atoms with van der Waals surface area (Å²) in [6, 6.07) is 11.8. The molecule has 0 spiro atoms. The van der Waals surface area contributed by atoms with E-state index in [2.05, 4.69) is 23.3 Å². The van der Waals surface area contributed by atoms with E-state index in [9.17, 15) is 9.59 Å². The number of hydrogen-bond donors (Lipinski definition) is 2. The molecule has 0 aliphatic heterocycles. The smallest absolute Gasteiger partial charge is 0.243 e. The van der Waals surface area contributed by atoms with Gasteiger partial charge in [0, 0.05) is 23.9 Å². The molecule has 2 rings (SSSR count). The van der Waals surface area contributed by atoms with Gasteiger partial charge in [-0.15, -0.1) is 11.3 Å². The summed E-state index contributed by atoms with van der Waals surface area (Å²) < 4.78 is 0. The van der Waals surface area contributed by atoms with Gasteiger partial charge in [-0.05, 0) is 35.6 Å². The van der Waals surface area contributed by atoms with Crippen molar-refractivity contribution in [3.05, 3.63) is 70.4 Å². The average molecular weight is 342 g/mol. The van der Waals surface area contributed by atoms with Gasteiger partial charge in [0.1, 0.15) is 0 Å². The lowest BCUT2D eigenvalue weighted by Gasteiger charge is -2.14. The lowest BCUT2D eigenvalue weighted by Crippen LogP contribution is -2.35. The first-order valence-corrected chi connectivity index (χ1v) is 8.75. The van der Waals surface area contributed by atoms with Gasteiger partial charge in [0.25, 0.3) is 0 Å². The topological polar surface area (TPSA) is 58.2 Å². The first-order chi connectivity index (χ1) is 11.6. The van der Waals surface area contributed by atoms with Crippen molar-refractivity contribution in [2.45, 2.75) is 32.4 Å². The van der Waals surface area contributed by atoms with Crippen LogP contribution < -0.4 is 10.6 Å². The lowest BCUT2D eigenvalue weighted by molar-refractivity contribution is -0.121. The van der Waals surface area contributed by atoms with Gasteiger partial charge in [0.05, 0.1) is 6.42 Å². The van der Waals surface area contributed by atoms with Gasteiger partial charge < -0.3 is 10.6 Å². The predicted molar refractivity (Wildman–Crippen MR) is 97.8 cm³/mol. The second-order valence-corrected chi connectivity index (χ2v) is 6.65. The molecule has 0 saturated heterocycles. The van der Waals surface area contributed by atoms with Crippen LogP contribution in [0.2, 0.25) is 0 Å². The highest BCUT2D eigenvalue weighted by Crippen LogP contribution is 2.12. The van der Waals surface area contributed by atoms with Crippen molar-refractivity contribution in [2.24, 2.45) is 0 Å². The highest BCUT2D eigenvalue weighted by atomic mass is 32.1. The molecule has 0 aliphatic carbocycles. The zero-order valence-corrected chi connectivity index (χ0v) is 14.6. The van der Waals surface area contributed by atoms with Crippen molar-refractivity contribution >= 4 is 23.2 Å². The maximum Gasteiger partial charge on any atom is 0.243 e. The Balaban J connectivity index is 1.91. The molecule has 2 N–H and O–H groups in total. The van der Waals surface area contributed by atoms with Crippen molar-refractivity contribution in [1.29, 1.82) is 0 Å². The van der Waals surface area contributed by atoms with Gasteiger partial charge in [-0.25, -0.2) is 0 Å². The first kappa shape index (κ1) is 17.9. The van der Waals surface area contributed by atoms with Crippen LogP contribution in [0.1, 0.15) is 22.9 Å². The Morgan fingerprint density at radius 1 is 1.21 bits per heavy atom. The van der Waals surface area contributed by atoms with Crippen LogP contribution in [0.3, 0.4) is 0 Å². The zero-order valence-electron chi connectivity index (χ0n) is 13.7. The summed E-state index contributed by atoms with van der Waals surface area (Å²) in [6.45, 7) is 5.83. The summed E-state index contributed by atoms with van der Waals surface area (Å²) in [6.07, 6.45) is 2.37. The largest absolute Gasteiger partial charge is 0.353 e. The van der Waals surface area contributed by atoms with Crippen molar-refractivity contribution in [1.82, 2.24) is 10.6 Å². The van der Waals surface area contributed by atoms with Crippen LogP contribution >= 0.6 is 11.3 Å². The van der Waals surface area contributed by atoms with Crippen molar-refractivity contribution < 1.29 is 9.59 Å². The molecule has 0 radical (unpaired) electrons. The van der Waals surface area contributed by atoms with Crippen LogP contribution in [0.5, 0.6) is 0 Å². The van der Waals surface area contributed by atoms with Gasteiger partial charge >= 0.3 is 0 Å². The quantitative estimate of drug-likeness (QED) is 0.725. The van der Waals surface area contributed by atoms with Gasteiger partial charge in [0.15, 0.2) is 0 Å². The monoisotopic (exact) mass is 342 g/mol. The van der Waals surface area contributed by atoms with E-state index in [-0.39, 0.29) is 17.9 Å². The molecule has 24 heavy (non-hydrogen) atoms. The van der Waals surface area contributed by atoms with Gasteiger partial charge in [-0.1, -0.05) is 36.9 Å². The minimum Gasteiger partial charge on any atom is -0.353 e. The number of carbonyl (C=O) groups excluding carboxylic acids is 2. The van der Waals surface area contributed by atoms with E-state index in [1.165, 1.54) is 11.0 Å². The molecule has 2 amide bonds. The Morgan fingerprint density at radius 3 is 2.62 bits per heavy atom. The molecule has 0 aliphatic rings. The third-order valence-corrected chi connectivity index (χ3v) is 4.50. The van der Waals surface area contributed by atoms with Crippen LogP contribution in [0.25, 0.3) is 0 Å². The van der Waals surface area contributed by atoms with Gasteiger partial charge in [0.2, 0.25) is 11.8 Å². The third kappa shape index (κ3) is 5.66. The Morgan fingerprint density at radius 2 is 1.96 bits per heavy atom. The molecule has 4 nitrogen and oxygen atoms in total. The molecule has 5 heteroatoms. The van der Waals surface area contributed by atoms with Crippen molar-refractivity contribution in [2.75, 3.05) is 0 Å². The van der Waals surface area contributed by atoms with Crippen molar-refractivity contribution in [3.63, 3.8) is 0 Å². The Hall–Kier alpha value is -2.40. The molecule has 0 bridgehead atoms. The highest BCUT2D eigenvalue weighted by molar-refractivity contribution is 7.09. The molecule has 1 aromatic heterocycles. The Labute approximate surface area is 146 Å². The lowest BCUT2D eigenvalue weighted by atomic mass is 10.0. The van der Waals surface area contributed by atoms with Crippen LogP contribution in [-0.2, 0) is 29.0 Å². The fourth-order valence-electron chi connectivity index (χ4n) is 2.44. The molecular formula is C19H22N2O2S. The molecule has 1 atom stereocenters. The number of rotatable bonds is 8. The van der Waals surface area contributed by atoms with E-state index < -0.39 is 0 Å². The van der Waals surface area contributed by atoms with Crippen LogP contribution in [-0.4, -0.2) is 17.9 Å². The number of nitrogens with one attached hydrogen (secondary N) is 2. The fourth-order valence-corrected chi connectivity index (χ4v) is 3.27. The maximum absolute atomic E-state index is 12.3. The average Bonchev–Trinajstić information content (AvgIpc) is 3.06. The van der Waals surface area contributed by atoms with E-state index in [0.717, 1.165) is 17.5 Å². The summed E-state index contributed by atoms with van der Waals surface area (Å²) in [5.74, 6) is -0.236. The molecule has 1 heterocycles. The van der Waals surface area contributed by atoms with Crippen molar-refractivity contribution in [3.8, 4) is 0 Å². The first-order valence-electron chi connectivity index (χ1n) is 7.87. The number of benzene rings is 1. The van der Waals surface area contributed by atoms with Crippen LogP contribution in [0.15, 0.2) is 54.4 Å². The minimum atomic E-state index is -0.223. The summed E-state index contributed by atoms with van der Waals surface area (Å²) in [5.41, 5.74) is 1.86. The molecule has 0 fully saturated rings. The van der Waals surface area contributed by atoms with E-state index in [1.54, 1.807) is 11.3 Å². The molecule has 1 unspecified atom stereocenters. The second-order valence-electron chi connectivity index (χ2n) is 5.62. The van der Waals surface area contributed by atoms with Crippen LogP contribution in [0, 0.1) is 0 Å². The zero-order chi connectivity index (χ0) is 17.4. The minimum absolute atomic E-state index is 0.0125. The molecule has 2 aromatic rings. The third-order valence-electron chi connectivity index (χ3n) is 3.60. The summed E-state index contributed by atoms with van der Waals surface area (Å²) in [5, 5.41) is 7.82. The summed E-state index contributed by atoms with van der Waals surface area (Å²) >= 11 is 1.70. The Kier molecular flexibility index (Phi) is 6.75. The van der Waals surface area contributed by atoms with Gasteiger partial charge in [-0.3, -0.25) is 9.59 Å². The summed E-state index contributed by atoms with van der Waals surface area (Å²) in [4.78, 5) is 24.9. The normalized spacial score (nSPS) is 11.5. The van der Waals surface area contributed by atoms with Gasteiger partial charge in [-0.2, -0.15) is 0 Å². The van der Waals surface area contributed by atoms with Crippen LogP contribution in [0.4, 0.5) is 0 Å². The second kappa shape index (κ2) is 9.03. The number of carbonyl (C=O) groups is 2. The van der Waals surface area contributed by atoms with E-state index in [0.29, 0.717) is 13.0 Å². The molecular weight excluding hydrogens is 320 g/mol. The highest BCUT2D eigenvalue weighted by Gasteiger charge is 2.12. The molecule has 1 aromatic carbocycles. The maximum atomic E-state index is 12.3. The number of hydrogen-bond acceptors (Lipinski definition) is 3. The fraction of sp³-hybridized carbons (Fsp3) is 0.263. The number of thiophene rings is 1. The predicted octanol–water partition coefficient (Wildman–Crippen LogP) is 2.84. The number of amides is 2.